The number of nitrogens with zero attached hydrogens (tertiary/aromatic N) is 1. The number of aliphatic carboxylic acids is 1. The summed E-state index contributed by atoms with van der Waals surface area (Å²) >= 11 is 0. The van der Waals surface area contributed by atoms with Gasteiger partial charge in [0, 0.05) is 6.54 Å². The molecule has 0 spiro atoms. The predicted octanol–water partition coefficient (Wildman–Crippen LogP) is 3.19. The lowest BCUT2D eigenvalue weighted by Gasteiger charge is -2.21. The number of rotatable bonds is 6. The highest BCUT2D eigenvalue weighted by molar-refractivity contribution is 5.85. The molecule has 0 aromatic heterocycles. The van der Waals surface area contributed by atoms with Crippen molar-refractivity contribution in [1.29, 1.82) is 0 Å². The van der Waals surface area contributed by atoms with Crippen molar-refractivity contribution in [3.63, 3.8) is 0 Å². The maximum Gasteiger partial charge on any atom is 0.326 e. The summed E-state index contributed by atoms with van der Waals surface area (Å²) in [5.41, 5.74) is 3.10. The van der Waals surface area contributed by atoms with Crippen LogP contribution >= 0.6 is 0 Å². The van der Waals surface area contributed by atoms with Crippen LogP contribution in [0.2, 0.25) is 0 Å². The van der Waals surface area contributed by atoms with Crippen molar-refractivity contribution in [2.75, 3.05) is 6.54 Å². The molecule has 0 unspecified atom stereocenters. The van der Waals surface area contributed by atoms with Gasteiger partial charge in [-0.3, -0.25) is 4.79 Å². The normalized spacial score (nSPS) is 16.5. The van der Waals surface area contributed by atoms with Crippen LogP contribution in [0.1, 0.15) is 29.5 Å². The van der Waals surface area contributed by atoms with Gasteiger partial charge in [0.05, 0.1) is 6.42 Å². The van der Waals surface area contributed by atoms with Gasteiger partial charge in [-0.25, -0.2) is 4.79 Å². The van der Waals surface area contributed by atoms with E-state index in [1.54, 1.807) is 0 Å². The Morgan fingerprint density at radius 3 is 2.69 bits per heavy atom. The molecule has 136 valence electrons. The second kappa shape index (κ2) is 8.04. The number of ether oxygens (including phenoxy) is 1. The number of likely N-dealkylation sites (tertiary alicyclic amines) is 1. The first-order valence-electron chi connectivity index (χ1n) is 8.82. The molecule has 2 aromatic rings. The quantitative estimate of drug-likeness (QED) is 0.866. The van der Waals surface area contributed by atoms with Crippen LogP contribution in [-0.4, -0.2) is 34.5 Å². The van der Waals surface area contributed by atoms with E-state index in [-0.39, 0.29) is 12.3 Å². The monoisotopic (exact) mass is 353 g/mol. The number of hydrogen-bond donors (Lipinski definition) is 1. The average Bonchev–Trinajstić information content (AvgIpc) is 3.11. The van der Waals surface area contributed by atoms with Crippen molar-refractivity contribution >= 4 is 11.9 Å². The minimum Gasteiger partial charge on any atom is -0.489 e. The fourth-order valence-corrected chi connectivity index (χ4v) is 3.31. The number of carbonyl (C=O) groups excluding carboxylic acids is 1. The zero-order chi connectivity index (χ0) is 18.5. The lowest BCUT2D eigenvalue weighted by Crippen LogP contribution is -2.41. The molecule has 1 aliphatic rings. The molecule has 1 fully saturated rings. The van der Waals surface area contributed by atoms with E-state index in [9.17, 15) is 14.7 Å². The first kappa shape index (κ1) is 18.0. The third-order valence-corrected chi connectivity index (χ3v) is 4.60. The Morgan fingerprint density at radius 1 is 1.15 bits per heavy atom. The first-order valence-corrected chi connectivity index (χ1v) is 8.82. The molecule has 0 bridgehead atoms. The molecular formula is C21H23NO4. The number of carboxylic acid groups (broad SMARTS) is 1. The lowest BCUT2D eigenvalue weighted by molar-refractivity contribution is -0.148. The Kier molecular flexibility index (Phi) is 5.56. The van der Waals surface area contributed by atoms with Crippen LogP contribution < -0.4 is 4.74 Å². The molecule has 3 rings (SSSR count). The van der Waals surface area contributed by atoms with Gasteiger partial charge in [0.15, 0.2) is 0 Å². The van der Waals surface area contributed by atoms with Gasteiger partial charge >= 0.3 is 5.97 Å². The highest BCUT2D eigenvalue weighted by Gasteiger charge is 2.33. The molecule has 0 saturated carbocycles. The molecule has 1 saturated heterocycles. The van der Waals surface area contributed by atoms with Gasteiger partial charge in [-0.05, 0) is 43.0 Å². The van der Waals surface area contributed by atoms with Crippen molar-refractivity contribution in [3.05, 3.63) is 65.2 Å². The summed E-state index contributed by atoms with van der Waals surface area (Å²) in [7, 11) is 0. The van der Waals surface area contributed by atoms with Crippen molar-refractivity contribution in [2.45, 2.75) is 38.8 Å². The Labute approximate surface area is 153 Å². The summed E-state index contributed by atoms with van der Waals surface area (Å²) in [6.45, 7) is 3.02. The van der Waals surface area contributed by atoms with E-state index in [1.807, 2.05) is 49.4 Å². The summed E-state index contributed by atoms with van der Waals surface area (Å²) in [5, 5.41) is 9.23. The van der Waals surface area contributed by atoms with Gasteiger partial charge in [0.2, 0.25) is 5.91 Å². The number of aryl methyl sites for hydroxylation is 1. The summed E-state index contributed by atoms with van der Waals surface area (Å²) < 4.78 is 5.84. The maximum atomic E-state index is 12.5. The van der Waals surface area contributed by atoms with Gasteiger partial charge in [-0.1, -0.05) is 42.0 Å². The minimum absolute atomic E-state index is 0.147. The number of amides is 1. The summed E-state index contributed by atoms with van der Waals surface area (Å²) in [6.07, 6.45) is 1.45. The predicted molar refractivity (Wildman–Crippen MR) is 98.0 cm³/mol. The second-order valence-electron chi connectivity index (χ2n) is 6.69. The maximum absolute atomic E-state index is 12.5. The third-order valence-electron chi connectivity index (χ3n) is 4.60. The van der Waals surface area contributed by atoms with Gasteiger partial charge in [0.25, 0.3) is 0 Å². The average molecular weight is 353 g/mol. The zero-order valence-electron chi connectivity index (χ0n) is 14.9. The van der Waals surface area contributed by atoms with Gasteiger partial charge in [-0.2, -0.15) is 0 Å². The molecule has 1 atom stereocenters. The fourth-order valence-electron chi connectivity index (χ4n) is 3.31. The highest BCUT2D eigenvalue weighted by atomic mass is 16.5. The fraction of sp³-hybridized carbons (Fsp3) is 0.333. The van der Waals surface area contributed by atoms with Gasteiger partial charge in [-0.15, -0.1) is 0 Å². The standard InChI is InChI=1S/C21H23NO4/c1-15-5-2-7-17(11-15)14-26-18-8-3-6-16(12-18)13-20(23)22-10-4-9-19(22)21(24)25/h2-3,5-8,11-12,19H,4,9-10,13-14H2,1H3,(H,24,25)/t19-/m1/s1. The smallest absolute Gasteiger partial charge is 0.326 e. The molecule has 1 amide bonds. The Bertz CT molecular complexity index is 802. The molecule has 26 heavy (non-hydrogen) atoms. The molecular weight excluding hydrogens is 330 g/mol. The van der Waals surface area contributed by atoms with E-state index in [4.69, 9.17) is 4.74 Å². The second-order valence-corrected chi connectivity index (χ2v) is 6.69. The summed E-state index contributed by atoms with van der Waals surface area (Å²) in [4.78, 5) is 25.2. The van der Waals surface area contributed by atoms with Crippen molar-refractivity contribution in [1.82, 2.24) is 4.90 Å². The van der Waals surface area contributed by atoms with E-state index < -0.39 is 12.0 Å². The van der Waals surface area contributed by atoms with Crippen molar-refractivity contribution in [2.24, 2.45) is 0 Å². The van der Waals surface area contributed by atoms with Crippen LogP contribution in [-0.2, 0) is 22.6 Å². The highest BCUT2D eigenvalue weighted by Crippen LogP contribution is 2.21. The van der Waals surface area contributed by atoms with E-state index in [2.05, 4.69) is 6.07 Å². The van der Waals surface area contributed by atoms with Crippen LogP contribution in [0.5, 0.6) is 5.75 Å². The Balaban J connectivity index is 1.62. The van der Waals surface area contributed by atoms with Gasteiger partial charge < -0.3 is 14.7 Å². The van der Waals surface area contributed by atoms with Crippen LogP contribution in [0.15, 0.2) is 48.5 Å². The Hall–Kier alpha value is -2.82. The molecule has 5 nitrogen and oxygen atoms in total. The van der Waals surface area contributed by atoms with E-state index >= 15 is 0 Å². The molecule has 2 aromatic carbocycles. The molecule has 0 aliphatic carbocycles. The molecule has 5 heteroatoms. The zero-order valence-corrected chi connectivity index (χ0v) is 14.9. The number of hydrogen-bond acceptors (Lipinski definition) is 3. The van der Waals surface area contributed by atoms with E-state index in [0.29, 0.717) is 25.3 Å². The number of benzene rings is 2. The Morgan fingerprint density at radius 2 is 1.92 bits per heavy atom. The SMILES string of the molecule is Cc1cccc(COc2cccc(CC(=O)N3CCC[C@@H]3C(=O)O)c2)c1. The largest absolute Gasteiger partial charge is 0.489 e. The molecule has 1 heterocycles. The first-order chi connectivity index (χ1) is 12.5. The van der Waals surface area contributed by atoms with Crippen molar-refractivity contribution < 1.29 is 19.4 Å². The van der Waals surface area contributed by atoms with Crippen LogP contribution in [0, 0.1) is 6.92 Å². The number of carbonyl (C=O) groups is 2. The number of carboxylic acids is 1. The topological polar surface area (TPSA) is 66.8 Å². The molecule has 0 radical (unpaired) electrons. The molecule has 1 aliphatic heterocycles. The van der Waals surface area contributed by atoms with Crippen LogP contribution in [0.4, 0.5) is 0 Å². The van der Waals surface area contributed by atoms with Gasteiger partial charge in [0.1, 0.15) is 18.4 Å². The van der Waals surface area contributed by atoms with Crippen LogP contribution in [0.3, 0.4) is 0 Å². The van der Waals surface area contributed by atoms with Crippen molar-refractivity contribution in [3.8, 4) is 5.75 Å². The third kappa shape index (κ3) is 4.42. The molecule has 1 N–H and O–H groups in total. The lowest BCUT2D eigenvalue weighted by atomic mass is 10.1. The summed E-state index contributed by atoms with van der Waals surface area (Å²) in [6, 6.07) is 14.9. The van der Waals surface area contributed by atoms with E-state index in [1.165, 1.54) is 10.5 Å². The summed E-state index contributed by atoms with van der Waals surface area (Å²) in [5.74, 6) is -0.371. The van der Waals surface area contributed by atoms with Crippen LogP contribution in [0.25, 0.3) is 0 Å². The minimum atomic E-state index is -0.925. The van der Waals surface area contributed by atoms with E-state index in [0.717, 1.165) is 17.5 Å².